The molecule has 18 heavy (non-hydrogen) atoms. The molecule has 0 spiro atoms. The highest BCUT2D eigenvalue weighted by molar-refractivity contribution is 5.50. The van der Waals surface area contributed by atoms with E-state index in [9.17, 15) is 0 Å². The molecule has 0 aliphatic carbocycles. The van der Waals surface area contributed by atoms with Gasteiger partial charge in [-0.05, 0) is 29.7 Å². The zero-order valence-corrected chi connectivity index (χ0v) is 10.3. The van der Waals surface area contributed by atoms with Crippen molar-refractivity contribution in [1.29, 1.82) is 0 Å². The third kappa shape index (κ3) is 4.29. The van der Waals surface area contributed by atoms with Crippen LogP contribution in [0.4, 0.5) is 0 Å². The lowest BCUT2D eigenvalue weighted by atomic mass is 10.1. The molecule has 0 unspecified atom stereocenters. The maximum Gasteiger partial charge on any atom is -0.00213 e. The van der Waals surface area contributed by atoms with Crippen molar-refractivity contribution in [2.75, 3.05) is 0 Å². The van der Waals surface area contributed by atoms with Crippen LogP contribution in [0.2, 0.25) is 0 Å². The van der Waals surface area contributed by atoms with Crippen molar-refractivity contribution in [2.24, 2.45) is 0 Å². The van der Waals surface area contributed by atoms with Crippen LogP contribution < -0.4 is 0 Å². The van der Waals surface area contributed by atoms with Crippen LogP contribution in [0.1, 0.15) is 11.1 Å². The van der Waals surface area contributed by atoms with Gasteiger partial charge in [-0.25, -0.2) is 0 Å². The van der Waals surface area contributed by atoms with Gasteiger partial charge < -0.3 is 0 Å². The van der Waals surface area contributed by atoms with Gasteiger partial charge in [-0.3, -0.25) is 0 Å². The Morgan fingerprint density at radius 3 is 2.22 bits per heavy atom. The third-order valence-electron chi connectivity index (χ3n) is 2.58. The summed E-state index contributed by atoms with van der Waals surface area (Å²) in [6.07, 6.45) is 9.00. The first kappa shape index (κ1) is 12.2. The van der Waals surface area contributed by atoms with Crippen LogP contribution in [0.25, 0.3) is 6.08 Å². The van der Waals surface area contributed by atoms with Gasteiger partial charge in [-0.15, -0.1) is 5.73 Å². The van der Waals surface area contributed by atoms with Crippen LogP contribution >= 0.6 is 0 Å². The number of rotatable bonds is 4. The minimum Gasteiger partial charge on any atom is -0.125 e. The van der Waals surface area contributed by atoms with Crippen LogP contribution in [-0.4, -0.2) is 0 Å². The van der Waals surface area contributed by atoms with Gasteiger partial charge in [0.2, 0.25) is 0 Å². The van der Waals surface area contributed by atoms with Crippen LogP contribution in [0.3, 0.4) is 0 Å². The highest BCUT2D eigenvalue weighted by Crippen LogP contribution is 2.01. The maximum atomic E-state index is 3.17. The summed E-state index contributed by atoms with van der Waals surface area (Å²) in [7, 11) is 0. The molecule has 0 aliphatic rings. The van der Waals surface area contributed by atoms with E-state index in [1.165, 1.54) is 11.1 Å². The predicted molar refractivity (Wildman–Crippen MR) is 78.3 cm³/mol. The fourth-order valence-corrected chi connectivity index (χ4v) is 1.64. The van der Waals surface area contributed by atoms with Crippen LogP contribution in [0.5, 0.6) is 0 Å². The summed E-state index contributed by atoms with van der Waals surface area (Å²) >= 11 is 0. The molecular weight excluding hydrogens is 216 g/mol. The number of allylic oxidation sites excluding steroid dienone is 2. The maximum absolute atomic E-state index is 3.17. The lowest BCUT2D eigenvalue weighted by Gasteiger charge is -1.91. The molecule has 0 aliphatic heterocycles. The Morgan fingerprint density at radius 1 is 0.833 bits per heavy atom. The van der Waals surface area contributed by atoms with E-state index in [-0.39, 0.29) is 0 Å². The second kappa shape index (κ2) is 7.11. The molecule has 88 valence electrons. The summed E-state index contributed by atoms with van der Waals surface area (Å²) in [6.45, 7) is 0. The van der Waals surface area contributed by atoms with Gasteiger partial charge in [0.05, 0.1) is 0 Å². The average molecular weight is 232 g/mol. The molecule has 0 heteroatoms. The number of benzene rings is 2. The molecule has 2 aromatic carbocycles. The smallest absolute Gasteiger partial charge is 0.00213 e. The Kier molecular flexibility index (Phi) is 4.80. The van der Waals surface area contributed by atoms with E-state index in [0.717, 1.165) is 6.42 Å². The molecule has 0 aromatic heterocycles. The molecule has 0 amide bonds. The zero-order valence-electron chi connectivity index (χ0n) is 10.3. The molecule has 0 heterocycles. The molecule has 0 saturated heterocycles. The lowest BCUT2D eigenvalue weighted by Crippen LogP contribution is -1.76. The van der Waals surface area contributed by atoms with Crippen LogP contribution in [0, 0.1) is 0 Å². The van der Waals surface area contributed by atoms with Gasteiger partial charge in [-0.2, -0.15) is 0 Å². The number of hydrogen-bond donors (Lipinski definition) is 0. The van der Waals surface area contributed by atoms with E-state index in [2.05, 4.69) is 48.2 Å². The second-order valence-corrected chi connectivity index (χ2v) is 4.00. The van der Waals surface area contributed by atoms with E-state index in [4.69, 9.17) is 0 Å². The third-order valence-corrected chi connectivity index (χ3v) is 2.58. The highest BCUT2D eigenvalue weighted by atomic mass is 13.9. The number of hydrogen-bond acceptors (Lipinski definition) is 0. The minimum absolute atomic E-state index is 0.927. The largest absolute Gasteiger partial charge is 0.125 e. The van der Waals surface area contributed by atoms with Crippen LogP contribution in [0.15, 0.2) is 84.6 Å². The fourth-order valence-electron chi connectivity index (χ4n) is 1.64. The average Bonchev–Trinajstić information content (AvgIpc) is 2.45. The first-order valence-electron chi connectivity index (χ1n) is 6.12. The van der Waals surface area contributed by atoms with E-state index in [1.807, 2.05) is 42.5 Å². The molecule has 2 rings (SSSR count). The summed E-state index contributed by atoms with van der Waals surface area (Å²) in [4.78, 5) is 0. The topological polar surface area (TPSA) is 0 Å². The molecule has 0 bridgehead atoms. The first-order chi connectivity index (χ1) is 8.95. The normalized spacial score (nSPS) is 10.0. The molecule has 0 fully saturated rings. The van der Waals surface area contributed by atoms with Crippen molar-refractivity contribution in [2.45, 2.75) is 6.42 Å². The highest BCUT2D eigenvalue weighted by Gasteiger charge is 1.83. The molecule has 0 nitrogen and oxygen atoms in total. The van der Waals surface area contributed by atoms with E-state index in [1.54, 1.807) is 0 Å². The molecule has 2 aromatic rings. The SMILES string of the molecule is C(=CC=Cc1ccccc1)=CCc1ccccc1. The Balaban J connectivity index is 1.86. The summed E-state index contributed by atoms with van der Waals surface area (Å²) in [6, 6.07) is 20.7. The molecule has 0 radical (unpaired) electrons. The van der Waals surface area contributed by atoms with Gasteiger partial charge in [-0.1, -0.05) is 72.8 Å². The van der Waals surface area contributed by atoms with Crippen molar-refractivity contribution in [3.05, 3.63) is 95.7 Å². The van der Waals surface area contributed by atoms with Crippen molar-refractivity contribution < 1.29 is 0 Å². The van der Waals surface area contributed by atoms with Crippen molar-refractivity contribution in [3.63, 3.8) is 0 Å². The van der Waals surface area contributed by atoms with Crippen molar-refractivity contribution >= 4 is 6.08 Å². The molecule has 0 atom stereocenters. The Bertz CT molecular complexity index is 541. The monoisotopic (exact) mass is 232 g/mol. The Hall–Kier alpha value is -2.30. The van der Waals surface area contributed by atoms with E-state index >= 15 is 0 Å². The second-order valence-electron chi connectivity index (χ2n) is 4.00. The Morgan fingerprint density at radius 2 is 1.50 bits per heavy atom. The lowest BCUT2D eigenvalue weighted by molar-refractivity contribution is 1.27. The Labute approximate surface area is 109 Å². The van der Waals surface area contributed by atoms with Gasteiger partial charge in [0.15, 0.2) is 0 Å². The van der Waals surface area contributed by atoms with Gasteiger partial charge in [0, 0.05) is 0 Å². The summed E-state index contributed by atoms with van der Waals surface area (Å²) in [5, 5.41) is 0. The van der Waals surface area contributed by atoms with E-state index < -0.39 is 0 Å². The predicted octanol–water partition coefficient (Wildman–Crippen LogP) is 4.65. The van der Waals surface area contributed by atoms with Gasteiger partial charge in [0.25, 0.3) is 0 Å². The van der Waals surface area contributed by atoms with E-state index in [0.29, 0.717) is 0 Å². The molecule has 0 N–H and O–H groups in total. The van der Waals surface area contributed by atoms with Crippen molar-refractivity contribution in [3.8, 4) is 0 Å². The van der Waals surface area contributed by atoms with Crippen LogP contribution in [-0.2, 0) is 6.42 Å². The first-order valence-corrected chi connectivity index (χ1v) is 6.12. The van der Waals surface area contributed by atoms with Gasteiger partial charge in [0.1, 0.15) is 0 Å². The minimum atomic E-state index is 0.927. The standard InChI is InChI=1S/C18H16/c1(5-11-17-13-7-3-8-14-17)2-6-12-18-15-9-4-10-16-18/h1,3-11,13-16H,12H2. The summed E-state index contributed by atoms with van der Waals surface area (Å²) in [5.41, 5.74) is 5.68. The summed E-state index contributed by atoms with van der Waals surface area (Å²) in [5.74, 6) is 0. The summed E-state index contributed by atoms with van der Waals surface area (Å²) < 4.78 is 0. The molecule has 0 saturated carbocycles. The quantitative estimate of drug-likeness (QED) is 0.531. The zero-order chi connectivity index (χ0) is 12.5. The van der Waals surface area contributed by atoms with Crippen molar-refractivity contribution in [1.82, 2.24) is 0 Å². The molecular formula is C18H16. The fraction of sp³-hybridized carbons (Fsp3) is 0.0556. The van der Waals surface area contributed by atoms with Gasteiger partial charge >= 0.3 is 0 Å².